The summed E-state index contributed by atoms with van der Waals surface area (Å²) >= 11 is 0. The van der Waals surface area contributed by atoms with Crippen molar-refractivity contribution in [2.24, 2.45) is 0 Å². The molecule has 0 radical (unpaired) electrons. The summed E-state index contributed by atoms with van der Waals surface area (Å²) in [6.45, 7) is 3.01. The molecular weight excluding hydrogens is 206 g/mol. The number of hydrogen-bond donors (Lipinski definition) is 0. The summed E-state index contributed by atoms with van der Waals surface area (Å²) in [6.07, 6.45) is -0.221. The van der Waals surface area contributed by atoms with Crippen LogP contribution < -0.4 is 9.64 Å². The fourth-order valence-electron chi connectivity index (χ4n) is 2.07. The zero-order chi connectivity index (χ0) is 11.0. The number of rotatable bonds is 1. The summed E-state index contributed by atoms with van der Waals surface area (Å²) in [4.78, 5) is 2.19. The van der Waals surface area contributed by atoms with Crippen molar-refractivity contribution in [1.82, 2.24) is 0 Å². The molecule has 3 rings (SSSR count). The SMILES string of the molecule is CN1CCOc2cc(C3OCCO3)ccc21. The maximum Gasteiger partial charge on any atom is 0.184 e. The molecule has 86 valence electrons. The molecule has 0 bridgehead atoms. The van der Waals surface area contributed by atoms with Gasteiger partial charge in [0.1, 0.15) is 12.4 Å². The van der Waals surface area contributed by atoms with E-state index in [1.165, 1.54) is 0 Å². The van der Waals surface area contributed by atoms with E-state index in [2.05, 4.69) is 18.0 Å². The van der Waals surface area contributed by atoms with Crippen LogP contribution in [0.5, 0.6) is 5.75 Å². The lowest BCUT2D eigenvalue weighted by Crippen LogP contribution is -2.28. The maximum atomic E-state index is 5.64. The Morgan fingerprint density at radius 2 is 2.00 bits per heavy atom. The third-order valence-electron chi connectivity index (χ3n) is 2.97. The Balaban J connectivity index is 1.91. The summed E-state index contributed by atoms with van der Waals surface area (Å²) in [5.74, 6) is 0.922. The van der Waals surface area contributed by atoms with Gasteiger partial charge in [0.25, 0.3) is 0 Å². The number of hydrogen-bond acceptors (Lipinski definition) is 4. The molecule has 2 heterocycles. The Morgan fingerprint density at radius 1 is 1.19 bits per heavy atom. The number of benzene rings is 1. The average molecular weight is 221 g/mol. The van der Waals surface area contributed by atoms with Gasteiger partial charge in [-0.1, -0.05) is 6.07 Å². The fraction of sp³-hybridized carbons (Fsp3) is 0.500. The Labute approximate surface area is 94.7 Å². The van der Waals surface area contributed by atoms with E-state index in [0.29, 0.717) is 13.2 Å². The molecule has 0 atom stereocenters. The minimum absolute atomic E-state index is 0.221. The van der Waals surface area contributed by atoms with Crippen molar-refractivity contribution < 1.29 is 14.2 Å². The lowest BCUT2D eigenvalue weighted by atomic mass is 10.1. The molecule has 0 unspecified atom stereocenters. The van der Waals surface area contributed by atoms with E-state index in [9.17, 15) is 0 Å². The van der Waals surface area contributed by atoms with Crippen LogP contribution in [0.25, 0.3) is 0 Å². The van der Waals surface area contributed by atoms with Crippen LogP contribution in [-0.4, -0.2) is 33.4 Å². The van der Waals surface area contributed by atoms with E-state index in [1.807, 2.05) is 12.1 Å². The normalized spacial score (nSPS) is 20.7. The zero-order valence-electron chi connectivity index (χ0n) is 9.31. The summed E-state index contributed by atoms with van der Waals surface area (Å²) < 4.78 is 16.6. The van der Waals surface area contributed by atoms with Gasteiger partial charge in [0.15, 0.2) is 6.29 Å². The highest BCUT2D eigenvalue weighted by molar-refractivity contribution is 5.60. The number of ether oxygens (including phenoxy) is 3. The van der Waals surface area contributed by atoms with Gasteiger partial charge in [-0.3, -0.25) is 0 Å². The first-order chi connectivity index (χ1) is 7.84. The van der Waals surface area contributed by atoms with E-state index in [-0.39, 0.29) is 6.29 Å². The Morgan fingerprint density at radius 3 is 2.81 bits per heavy atom. The van der Waals surface area contributed by atoms with Crippen molar-refractivity contribution >= 4 is 5.69 Å². The topological polar surface area (TPSA) is 30.9 Å². The molecule has 0 spiro atoms. The average Bonchev–Trinajstić information content (AvgIpc) is 2.82. The van der Waals surface area contributed by atoms with E-state index in [4.69, 9.17) is 14.2 Å². The molecule has 1 saturated heterocycles. The summed E-state index contributed by atoms with van der Waals surface area (Å²) in [7, 11) is 2.07. The first-order valence-corrected chi connectivity index (χ1v) is 5.56. The number of likely N-dealkylation sites (N-methyl/N-ethyl adjacent to an activating group) is 1. The monoisotopic (exact) mass is 221 g/mol. The van der Waals surface area contributed by atoms with Crippen LogP contribution in [-0.2, 0) is 9.47 Å². The Bertz CT molecular complexity index is 388. The first kappa shape index (κ1) is 9.93. The summed E-state index contributed by atoms with van der Waals surface area (Å²) in [5, 5.41) is 0. The lowest BCUT2D eigenvalue weighted by molar-refractivity contribution is -0.0442. The van der Waals surface area contributed by atoms with Crippen LogP contribution >= 0.6 is 0 Å². The van der Waals surface area contributed by atoms with Gasteiger partial charge in [-0.15, -0.1) is 0 Å². The third-order valence-corrected chi connectivity index (χ3v) is 2.97. The zero-order valence-corrected chi connectivity index (χ0v) is 9.31. The molecule has 2 aliphatic heterocycles. The van der Waals surface area contributed by atoms with Gasteiger partial charge in [0.05, 0.1) is 25.4 Å². The van der Waals surface area contributed by atoms with Gasteiger partial charge in [-0.05, 0) is 12.1 Å². The molecule has 0 saturated carbocycles. The fourth-order valence-corrected chi connectivity index (χ4v) is 2.07. The highest BCUT2D eigenvalue weighted by Gasteiger charge is 2.21. The van der Waals surface area contributed by atoms with Gasteiger partial charge in [-0.2, -0.15) is 0 Å². The second kappa shape index (κ2) is 3.96. The first-order valence-electron chi connectivity index (χ1n) is 5.56. The summed E-state index contributed by atoms with van der Waals surface area (Å²) in [5.41, 5.74) is 2.17. The predicted octanol–water partition coefficient (Wildman–Crippen LogP) is 1.56. The highest BCUT2D eigenvalue weighted by Crippen LogP contribution is 2.35. The van der Waals surface area contributed by atoms with E-state index in [1.54, 1.807) is 0 Å². The van der Waals surface area contributed by atoms with Crippen LogP contribution in [0.1, 0.15) is 11.9 Å². The second-order valence-corrected chi connectivity index (χ2v) is 4.07. The largest absolute Gasteiger partial charge is 0.490 e. The molecule has 0 aromatic heterocycles. The molecular formula is C12H15NO3. The van der Waals surface area contributed by atoms with Crippen LogP contribution in [0.3, 0.4) is 0 Å². The van der Waals surface area contributed by atoms with Crippen LogP contribution in [0.4, 0.5) is 5.69 Å². The minimum Gasteiger partial charge on any atom is -0.490 e. The molecule has 1 aromatic rings. The van der Waals surface area contributed by atoms with Gasteiger partial charge in [0.2, 0.25) is 0 Å². The van der Waals surface area contributed by atoms with Crippen molar-refractivity contribution in [2.45, 2.75) is 6.29 Å². The minimum atomic E-state index is -0.221. The molecule has 2 aliphatic rings. The van der Waals surface area contributed by atoms with Crippen molar-refractivity contribution in [3.05, 3.63) is 23.8 Å². The van der Waals surface area contributed by atoms with E-state index in [0.717, 1.165) is 30.2 Å². The number of anilines is 1. The van der Waals surface area contributed by atoms with Gasteiger partial charge in [0, 0.05) is 12.6 Å². The number of nitrogens with zero attached hydrogens (tertiary/aromatic N) is 1. The van der Waals surface area contributed by atoms with E-state index >= 15 is 0 Å². The maximum absolute atomic E-state index is 5.64. The molecule has 4 nitrogen and oxygen atoms in total. The predicted molar refractivity (Wildman–Crippen MR) is 59.9 cm³/mol. The molecule has 0 aliphatic carbocycles. The Kier molecular flexibility index (Phi) is 2.46. The van der Waals surface area contributed by atoms with Crippen molar-refractivity contribution in [3.63, 3.8) is 0 Å². The quantitative estimate of drug-likeness (QED) is 0.720. The molecule has 0 N–H and O–H groups in total. The third kappa shape index (κ3) is 1.64. The lowest BCUT2D eigenvalue weighted by Gasteiger charge is -2.28. The Hall–Kier alpha value is -1.26. The van der Waals surface area contributed by atoms with Crippen molar-refractivity contribution in [3.8, 4) is 5.75 Å². The van der Waals surface area contributed by atoms with Gasteiger partial charge in [-0.25, -0.2) is 0 Å². The summed E-state index contributed by atoms with van der Waals surface area (Å²) in [6, 6.07) is 6.12. The smallest absolute Gasteiger partial charge is 0.184 e. The van der Waals surface area contributed by atoms with Gasteiger partial charge < -0.3 is 19.1 Å². The molecule has 1 aromatic carbocycles. The number of fused-ring (bicyclic) bond motifs is 1. The van der Waals surface area contributed by atoms with E-state index < -0.39 is 0 Å². The molecule has 4 heteroatoms. The molecule has 0 amide bonds. The molecule has 1 fully saturated rings. The van der Waals surface area contributed by atoms with Crippen molar-refractivity contribution in [2.75, 3.05) is 38.3 Å². The highest BCUT2D eigenvalue weighted by atomic mass is 16.7. The van der Waals surface area contributed by atoms with Crippen LogP contribution in [0, 0.1) is 0 Å². The van der Waals surface area contributed by atoms with Crippen LogP contribution in [0.2, 0.25) is 0 Å². The standard InChI is InChI=1S/C12H15NO3/c1-13-4-5-14-11-8-9(2-3-10(11)13)12-15-6-7-16-12/h2-3,8,12H,4-7H2,1H3. The van der Waals surface area contributed by atoms with Gasteiger partial charge >= 0.3 is 0 Å². The van der Waals surface area contributed by atoms with Crippen molar-refractivity contribution in [1.29, 1.82) is 0 Å². The second-order valence-electron chi connectivity index (χ2n) is 4.07. The van der Waals surface area contributed by atoms with Crippen LogP contribution in [0.15, 0.2) is 18.2 Å². The molecule has 16 heavy (non-hydrogen) atoms.